The van der Waals surface area contributed by atoms with Crippen molar-refractivity contribution in [2.75, 3.05) is 0 Å². The second-order valence-electron chi connectivity index (χ2n) is 7.92. The van der Waals surface area contributed by atoms with Crippen molar-refractivity contribution in [3.63, 3.8) is 0 Å². The first-order valence-electron chi connectivity index (χ1n) is 9.55. The maximum atomic E-state index is 12.1. The number of para-hydroxylation sites is 1. The Morgan fingerprint density at radius 1 is 1.03 bits per heavy atom. The van der Waals surface area contributed by atoms with Crippen LogP contribution in [0.2, 0.25) is 0 Å². The lowest BCUT2D eigenvalue weighted by Gasteiger charge is -2.19. The Labute approximate surface area is 180 Å². The van der Waals surface area contributed by atoms with Gasteiger partial charge in [-0.2, -0.15) is 0 Å². The molecule has 30 heavy (non-hydrogen) atoms. The number of rotatable bonds is 5. The molecular weight excluding hydrogens is 398 g/mol. The smallest absolute Gasteiger partial charge is 0.318 e. The molecule has 0 saturated heterocycles. The number of nitrogens with zero attached hydrogens (tertiary/aromatic N) is 3. The van der Waals surface area contributed by atoms with E-state index in [4.69, 9.17) is 5.73 Å². The molecule has 0 bridgehead atoms. The Bertz CT molecular complexity index is 1040. The molecule has 0 unspecified atom stereocenters. The van der Waals surface area contributed by atoms with Gasteiger partial charge in [-0.3, -0.25) is 14.7 Å². The van der Waals surface area contributed by atoms with Gasteiger partial charge in [0.05, 0.1) is 5.25 Å². The van der Waals surface area contributed by atoms with Crippen LogP contribution in [0.25, 0.3) is 17.1 Å². The van der Waals surface area contributed by atoms with Gasteiger partial charge in [-0.15, -0.1) is 10.2 Å². The fraction of sp³-hybridized carbons (Fsp3) is 0.273. The van der Waals surface area contributed by atoms with Gasteiger partial charge in [0.15, 0.2) is 11.0 Å². The molecule has 0 aliphatic carbocycles. The van der Waals surface area contributed by atoms with Gasteiger partial charge in [-0.1, -0.05) is 75.0 Å². The van der Waals surface area contributed by atoms with E-state index < -0.39 is 17.2 Å². The summed E-state index contributed by atoms with van der Waals surface area (Å²) in [5, 5.41) is 10.8. The maximum absolute atomic E-state index is 12.1. The lowest BCUT2D eigenvalue weighted by molar-refractivity contribution is -0.119. The monoisotopic (exact) mass is 423 g/mol. The van der Waals surface area contributed by atoms with Crippen LogP contribution < -0.4 is 11.1 Å². The van der Waals surface area contributed by atoms with Crippen LogP contribution in [0.15, 0.2) is 59.8 Å². The average molecular weight is 424 g/mol. The number of nitrogens with two attached hydrogens (primary N) is 1. The molecule has 0 fully saturated rings. The summed E-state index contributed by atoms with van der Waals surface area (Å²) in [4.78, 5) is 23.1. The number of urea groups is 1. The highest BCUT2D eigenvalue weighted by molar-refractivity contribution is 8.00. The number of hydrogen-bond donors (Lipinski definition) is 2. The molecule has 3 rings (SSSR count). The van der Waals surface area contributed by atoms with E-state index in [1.54, 1.807) is 6.92 Å². The Morgan fingerprint density at radius 3 is 2.23 bits per heavy atom. The molecule has 1 heterocycles. The number of aromatic nitrogens is 3. The second kappa shape index (κ2) is 8.71. The van der Waals surface area contributed by atoms with Crippen molar-refractivity contribution in [2.24, 2.45) is 5.73 Å². The standard InChI is InChI=1S/C22H25N5O2S/c1-14(19(28)24-20(23)29)30-21-26-25-18(27(21)17-8-6-5-7-9-17)15-10-12-16(13-11-15)22(2,3)4/h5-14H,1-4H3,(H3,23,24,28,29)/t14-/m1/s1. The Morgan fingerprint density at radius 2 is 1.67 bits per heavy atom. The summed E-state index contributed by atoms with van der Waals surface area (Å²) in [5.74, 6) is 0.192. The molecule has 1 aromatic heterocycles. The van der Waals surface area contributed by atoms with E-state index in [0.717, 1.165) is 11.3 Å². The number of carbonyl (C=O) groups is 2. The summed E-state index contributed by atoms with van der Waals surface area (Å²) >= 11 is 1.21. The number of carbonyl (C=O) groups excluding carboxylic acids is 2. The van der Waals surface area contributed by atoms with E-state index >= 15 is 0 Å². The van der Waals surface area contributed by atoms with Crippen molar-refractivity contribution in [3.8, 4) is 17.1 Å². The summed E-state index contributed by atoms with van der Waals surface area (Å²) in [5.41, 5.74) is 8.13. The molecule has 2 aromatic carbocycles. The van der Waals surface area contributed by atoms with Crippen LogP contribution in [0.3, 0.4) is 0 Å². The van der Waals surface area contributed by atoms with E-state index in [1.807, 2.05) is 47.0 Å². The van der Waals surface area contributed by atoms with Crippen LogP contribution in [-0.2, 0) is 10.2 Å². The van der Waals surface area contributed by atoms with Gasteiger partial charge < -0.3 is 5.73 Å². The quantitative estimate of drug-likeness (QED) is 0.606. The van der Waals surface area contributed by atoms with Crippen LogP contribution in [0.1, 0.15) is 33.3 Å². The van der Waals surface area contributed by atoms with Gasteiger partial charge in [0.2, 0.25) is 5.91 Å². The predicted molar refractivity (Wildman–Crippen MR) is 119 cm³/mol. The summed E-state index contributed by atoms with van der Waals surface area (Å²) in [7, 11) is 0. The fourth-order valence-electron chi connectivity index (χ4n) is 2.90. The van der Waals surface area contributed by atoms with Crippen molar-refractivity contribution < 1.29 is 9.59 Å². The zero-order valence-electron chi connectivity index (χ0n) is 17.4. The highest BCUT2D eigenvalue weighted by Gasteiger charge is 2.23. The Kier molecular flexibility index (Phi) is 6.26. The number of amides is 3. The van der Waals surface area contributed by atoms with Gasteiger partial charge in [0, 0.05) is 11.3 Å². The number of nitrogens with one attached hydrogen (secondary N) is 1. The highest BCUT2D eigenvalue weighted by atomic mass is 32.2. The molecule has 1 atom stereocenters. The third-order valence-electron chi connectivity index (χ3n) is 4.55. The van der Waals surface area contributed by atoms with Gasteiger partial charge in [0.25, 0.3) is 0 Å². The second-order valence-corrected chi connectivity index (χ2v) is 9.23. The minimum Gasteiger partial charge on any atom is -0.351 e. The summed E-state index contributed by atoms with van der Waals surface area (Å²) < 4.78 is 1.91. The van der Waals surface area contributed by atoms with Crippen LogP contribution in [0.5, 0.6) is 0 Å². The molecule has 0 saturated carbocycles. The van der Waals surface area contributed by atoms with E-state index in [1.165, 1.54) is 17.3 Å². The number of benzene rings is 2. The lowest BCUT2D eigenvalue weighted by atomic mass is 9.87. The molecule has 8 heteroatoms. The Hall–Kier alpha value is -3.13. The van der Waals surface area contributed by atoms with Crippen molar-refractivity contribution in [2.45, 2.75) is 43.5 Å². The van der Waals surface area contributed by atoms with Crippen molar-refractivity contribution in [3.05, 3.63) is 60.2 Å². The highest BCUT2D eigenvalue weighted by Crippen LogP contribution is 2.31. The number of hydrogen-bond acceptors (Lipinski definition) is 5. The molecule has 0 aliphatic rings. The van der Waals surface area contributed by atoms with E-state index in [0.29, 0.717) is 11.0 Å². The fourth-order valence-corrected chi connectivity index (χ4v) is 3.76. The molecule has 156 valence electrons. The van der Waals surface area contributed by atoms with Crippen molar-refractivity contribution in [1.82, 2.24) is 20.1 Å². The zero-order valence-corrected chi connectivity index (χ0v) is 18.2. The van der Waals surface area contributed by atoms with E-state index in [2.05, 4.69) is 48.4 Å². The molecule has 3 amide bonds. The third kappa shape index (κ3) is 4.88. The van der Waals surface area contributed by atoms with E-state index in [-0.39, 0.29) is 5.41 Å². The van der Waals surface area contributed by atoms with Crippen LogP contribution in [-0.4, -0.2) is 32.0 Å². The number of thioether (sulfide) groups is 1. The van der Waals surface area contributed by atoms with Gasteiger partial charge in [0.1, 0.15) is 0 Å². The van der Waals surface area contributed by atoms with Gasteiger partial charge in [-0.05, 0) is 30.0 Å². The van der Waals surface area contributed by atoms with E-state index in [9.17, 15) is 9.59 Å². The maximum Gasteiger partial charge on any atom is 0.318 e. The summed E-state index contributed by atoms with van der Waals surface area (Å²) in [6, 6.07) is 17.1. The topological polar surface area (TPSA) is 103 Å². The molecule has 0 spiro atoms. The average Bonchev–Trinajstić information content (AvgIpc) is 3.11. The first kappa shape index (κ1) is 21.6. The number of primary amides is 1. The molecule has 3 aromatic rings. The summed E-state index contributed by atoms with van der Waals surface area (Å²) in [6.07, 6.45) is 0. The Balaban J connectivity index is 2.01. The van der Waals surface area contributed by atoms with Crippen LogP contribution >= 0.6 is 11.8 Å². The molecule has 0 aliphatic heterocycles. The molecule has 7 nitrogen and oxygen atoms in total. The molecule has 0 radical (unpaired) electrons. The third-order valence-corrected chi connectivity index (χ3v) is 5.60. The first-order chi connectivity index (χ1) is 14.2. The SMILES string of the molecule is C[C@@H](Sc1nnc(-c2ccc(C(C)(C)C)cc2)n1-c1ccccc1)C(=O)NC(N)=O. The number of imide groups is 1. The minimum absolute atomic E-state index is 0.0515. The first-order valence-corrected chi connectivity index (χ1v) is 10.4. The van der Waals surface area contributed by atoms with Gasteiger partial charge >= 0.3 is 6.03 Å². The zero-order chi connectivity index (χ0) is 21.9. The summed E-state index contributed by atoms with van der Waals surface area (Å²) in [6.45, 7) is 8.19. The largest absolute Gasteiger partial charge is 0.351 e. The normalized spacial score (nSPS) is 12.4. The van der Waals surface area contributed by atoms with Crippen molar-refractivity contribution in [1.29, 1.82) is 0 Å². The van der Waals surface area contributed by atoms with Crippen LogP contribution in [0.4, 0.5) is 4.79 Å². The molecular formula is C22H25N5O2S. The van der Waals surface area contributed by atoms with Crippen molar-refractivity contribution >= 4 is 23.7 Å². The molecule has 3 N–H and O–H groups in total. The minimum atomic E-state index is -0.878. The lowest BCUT2D eigenvalue weighted by Crippen LogP contribution is -2.39. The van der Waals surface area contributed by atoms with Gasteiger partial charge in [-0.25, -0.2) is 4.79 Å². The predicted octanol–water partition coefficient (Wildman–Crippen LogP) is 3.91. The van der Waals surface area contributed by atoms with Crippen LogP contribution in [0, 0.1) is 0 Å².